The lowest BCUT2D eigenvalue weighted by Crippen LogP contribution is -2.41. The molecule has 0 rings (SSSR count). The van der Waals surface area contributed by atoms with Crippen molar-refractivity contribution in [1.29, 1.82) is 0 Å². The molecule has 0 aromatic carbocycles. The predicted octanol–water partition coefficient (Wildman–Crippen LogP) is 0.215. The fraction of sp³-hybridized carbons (Fsp3) is 0.900. The number of likely N-dealkylation sites (N-methyl/N-ethyl adjacent to an activating group) is 1. The van der Waals surface area contributed by atoms with E-state index in [4.69, 9.17) is 5.11 Å². The standard InChI is InChI=1S/C10H22N2O2/c1-4-5-6-11-10(14)7-12(3)9(2)8-13/h9,13H,4-8H2,1-3H3,(H,11,14). The van der Waals surface area contributed by atoms with Gasteiger partial charge in [0.25, 0.3) is 0 Å². The van der Waals surface area contributed by atoms with Crippen LogP contribution in [0.5, 0.6) is 0 Å². The van der Waals surface area contributed by atoms with Crippen LogP contribution in [0, 0.1) is 0 Å². The van der Waals surface area contributed by atoms with Gasteiger partial charge in [-0.15, -0.1) is 0 Å². The lowest BCUT2D eigenvalue weighted by atomic mass is 10.3. The van der Waals surface area contributed by atoms with Gasteiger partial charge in [-0.2, -0.15) is 0 Å². The molecular weight excluding hydrogens is 180 g/mol. The van der Waals surface area contributed by atoms with Crippen LogP contribution in [0.15, 0.2) is 0 Å². The Kier molecular flexibility index (Phi) is 7.42. The Hall–Kier alpha value is -0.610. The van der Waals surface area contributed by atoms with Gasteiger partial charge in [0.2, 0.25) is 5.91 Å². The molecule has 2 N–H and O–H groups in total. The van der Waals surface area contributed by atoms with Crippen LogP contribution in [-0.4, -0.2) is 48.7 Å². The Morgan fingerprint density at radius 1 is 1.57 bits per heavy atom. The number of aliphatic hydroxyl groups excluding tert-OH is 1. The van der Waals surface area contributed by atoms with Gasteiger partial charge in [0.1, 0.15) is 0 Å². The number of carbonyl (C=O) groups excluding carboxylic acids is 1. The topological polar surface area (TPSA) is 52.6 Å². The van der Waals surface area contributed by atoms with Gasteiger partial charge >= 0.3 is 0 Å². The SMILES string of the molecule is CCCCNC(=O)CN(C)C(C)CO. The fourth-order valence-electron chi connectivity index (χ4n) is 0.982. The van der Waals surface area contributed by atoms with Gasteiger partial charge in [-0.05, 0) is 20.4 Å². The Bertz CT molecular complexity index is 162. The van der Waals surface area contributed by atoms with E-state index < -0.39 is 0 Å². The van der Waals surface area contributed by atoms with E-state index in [0.717, 1.165) is 19.4 Å². The number of amides is 1. The average Bonchev–Trinajstić information content (AvgIpc) is 2.16. The van der Waals surface area contributed by atoms with Crippen molar-refractivity contribution in [2.45, 2.75) is 32.7 Å². The van der Waals surface area contributed by atoms with Gasteiger partial charge in [-0.25, -0.2) is 0 Å². The number of nitrogens with zero attached hydrogens (tertiary/aromatic N) is 1. The Morgan fingerprint density at radius 3 is 2.71 bits per heavy atom. The van der Waals surface area contributed by atoms with E-state index >= 15 is 0 Å². The number of aliphatic hydroxyl groups is 1. The minimum Gasteiger partial charge on any atom is -0.395 e. The molecule has 0 aliphatic heterocycles. The lowest BCUT2D eigenvalue weighted by Gasteiger charge is -2.21. The molecule has 1 atom stereocenters. The Labute approximate surface area is 86.3 Å². The van der Waals surface area contributed by atoms with Crippen molar-refractivity contribution in [3.8, 4) is 0 Å². The van der Waals surface area contributed by atoms with Crippen LogP contribution in [0.1, 0.15) is 26.7 Å². The summed E-state index contributed by atoms with van der Waals surface area (Å²) in [7, 11) is 1.83. The van der Waals surface area contributed by atoms with Crippen LogP contribution in [0.2, 0.25) is 0 Å². The van der Waals surface area contributed by atoms with Crippen LogP contribution in [0.3, 0.4) is 0 Å². The molecule has 0 bridgehead atoms. The second kappa shape index (κ2) is 7.76. The van der Waals surface area contributed by atoms with Gasteiger partial charge in [-0.1, -0.05) is 13.3 Å². The largest absolute Gasteiger partial charge is 0.395 e. The van der Waals surface area contributed by atoms with Crippen LogP contribution in [0.4, 0.5) is 0 Å². The van der Waals surface area contributed by atoms with E-state index in [1.54, 1.807) is 0 Å². The van der Waals surface area contributed by atoms with Crippen LogP contribution in [0.25, 0.3) is 0 Å². The van der Waals surface area contributed by atoms with Crippen molar-refractivity contribution in [2.75, 3.05) is 26.7 Å². The van der Waals surface area contributed by atoms with Crippen LogP contribution < -0.4 is 5.32 Å². The lowest BCUT2D eigenvalue weighted by molar-refractivity contribution is -0.122. The molecule has 0 aromatic rings. The highest BCUT2D eigenvalue weighted by atomic mass is 16.3. The van der Waals surface area contributed by atoms with E-state index in [1.807, 2.05) is 18.9 Å². The summed E-state index contributed by atoms with van der Waals surface area (Å²) in [5.74, 6) is 0.0289. The fourth-order valence-corrected chi connectivity index (χ4v) is 0.982. The van der Waals surface area contributed by atoms with Crippen molar-refractivity contribution in [3.05, 3.63) is 0 Å². The average molecular weight is 202 g/mol. The maximum Gasteiger partial charge on any atom is 0.234 e. The summed E-state index contributed by atoms with van der Waals surface area (Å²) < 4.78 is 0. The number of rotatable bonds is 7. The third kappa shape index (κ3) is 5.94. The Balaban J connectivity index is 3.60. The molecule has 1 amide bonds. The molecule has 4 heteroatoms. The molecule has 0 radical (unpaired) electrons. The number of carbonyl (C=O) groups is 1. The minimum atomic E-state index is 0.0289. The number of nitrogens with one attached hydrogen (secondary N) is 1. The van der Waals surface area contributed by atoms with E-state index in [-0.39, 0.29) is 18.6 Å². The smallest absolute Gasteiger partial charge is 0.234 e. The van der Waals surface area contributed by atoms with Crippen LogP contribution in [-0.2, 0) is 4.79 Å². The molecule has 0 aliphatic carbocycles. The third-order valence-electron chi connectivity index (χ3n) is 2.26. The summed E-state index contributed by atoms with van der Waals surface area (Å²) in [6.45, 7) is 5.16. The molecule has 0 aromatic heterocycles. The van der Waals surface area contributed by atoms with Gasteiger partial charge in [0, 0.05) is 12.6 Å². The second-order valence-electron chi connectivity index (χ2n) is 3.65. The van der Waals surface area contributed by atoms with Gasteiger partial charge < -0.3 is 10.4 Å². The number of hydrogen-bond acceptors (Lipinski definition) is 3. The zero-order chi connectivity index (χ0) is 11.0. The third-order valence-corrected chi connectivity index (χ3v) is 2.26. The highest BCUT2D eigenvalue weighted by Crippen LogP contribution is 1.92. The Morgan fingerprint density at radius 2 is 2.21 bits per heavy atom. The summed E-state index contributed by atoms with van der Waals surface area (Å²) in [6, 6.07) is 0.0342. The molecule has 0 fully saturated rings. The first-order chi connectivity index (χ1) is 6.61. The van der Waals surface area contributed by atoms with Gasteiger partial charge in [0.15, 0.2) is 0 Å². The van der Waals surface area contributed by atoms with Crippen molar-refractivity contribution in [2.24, 2.45) is 0 Å². The maximum absolute atomic E-state index is 11.3. The molecule has 4 nitrogen and oxygen atoms in total. The molecule has 0 saturated carbocycles. The van der Waals surface area contributed by atoms with E-state index in [0.29, 0.717) is 6.54 Å². The zero-order valence-corrected chi connectivity index (χ0v) is 9.42. The van der Waals surface area contributed by atoms with Crippen molar-refractivity contribution in [3.63, 3.8) is 0 Å². The highest BCUT2D eigenvalue weighted by Gasteiger charge is 2.11. The monoisotopic (exact) mass is 202 g/mol. The first-order valence-corrected chi connectivity index (χ1v) is 5.19. The molecule has 14 heavy (non-hydrogen) atoms. The molecule has 0 aliphatic rings. The highest BCUT2D eigenvalue weighted by molar-refractivity contribution is 5.77. The predicted molar refractivity (Wildman–Crippen MR) is 57.1 cm³/mol. The normalized spacial score (nSPS) is 12.9. The molecular formula is C10H22N2O2. The molecule has 0 heterocycles. The van der Waals surface area contributed by atoms with E-state index in [9.17, 15) is 4.79 Å². The summed E-state index contributed by atoms with van der Waals surface area (Å²) in [6.07, 6.45) is 2.11. The first kappa shape index (κ1) is 13.4. The van der Waals surface area contributed by atoms with Crippen molar-refractivity contribution in [1.82, 2.24) is 10.2 Å². The summed E-state index contributed by atoms with van der Waals surface area (Å²) in [5, 5.41) is 11.7. The molecule has 0 saturated heterocycles. The van der Waals surface area contributed by atoms with Crippen molar-refractivity contribution >= 4 is 5.91 Å². The summed E-state index contributed by atoms with van der Waals surface area (Å²) in [5.41, 5.74) is 0. The summed E-state index contributed by atoms with van der Waals surface area (Å²) >= 11 is 0. The second-order valence-corrected chi connectivity index (χ2v) is 3.65. The maximum atomic E-state index is 11.3. The minimum absolute atomic E-state index is 0.0289. The number of unbranched alkanes of at least 4 members (excludes halogenated alkanes) is 1. The molecule has 0 spiro atoms. The van der Waals surface area contributed by atoms with Gasteiger partial charge in [-0.3, -0.25) is 9.69 Å². The number of hydrogen-bond donors (Lipinski definition) is 2. The van der Waals surface area contributed by atoms with Gasteiger partial charge in [0.05, 0.1) is 13.2 Å². The van der Waals surface area contributed by atoms with E-state index in [2.05, 4.69) is 12.2 Å². The molecule has 84 valence electrons. The molecule has 1 unspecified atom stereocenters. The summed E-state index contributed by atoms with van der Waals surface area (Å²) in [4.78, 5) is 13.1. The van der Waals surface area contributed by atoms with Crippen molar-refractivity contribution < 1.29 is 9.90 Å². The quantitative estimate of drug-likeness (QED) is 0.580. The first-order valence-electron chi connectivity index (χ1n) is 5.19. The van der Waals surface area contributed by atoms with E-state index in [1.165, 1.54) is 0 Å². The van der Waals surface area contributed by atoms with Crippen LogP contribution >= 0.6 is 0 Å². The zero-order valence-electron chi connectivity index (χ0n) is 9.42.